The average Bonchev–Trinajstić information content (AvgIpc) is 3.11. The third-order valence-electron chi connectivity index (χ3n) is 8.63. The Labute approximate surface area is 323 Å². The predicted octanol–water partition coefficient (Wildman–Crippen LogP) is 10.8. The van der Waals surface area contributed by atoms with Crippen LogP contribution in [0.2, 0.25) is 0 Å². The van der Waals surface area contributed by atoms with Crippen molar-refractivity contribution in [2.24, 2.45) is 0 Å². The molecule has 302 valence electrons. The van der Waals surface area contributed by atoms with Crippen LogP contribution in [0.15, 0.2) is 72.9 Å². The maximum atomic E-state index is 12.6. The number of aliphatic carboxylic acids is 1. The summed E-state index contributed by atoms with van der Waals surface area (Å²) in [7, 11) is 5.49. The topological polar surface area (TPSA) is 99.1 Å². The summed E-state index contributed by atoms with van der Waals surface area (Å²) in [5.74, 6) is -1.59. The number of carbonyl (C=O) groups is 3. The highest BCUT2D eigenvalue weighted by atomic mass is 16.6. The van der Waals surface area contributed by atoms with E-state index in [2.05, 4.69) is 74.6 Å². The van der Waals surface area contributed by atoms with Crippen molar-refractivity contribution in [3.8, 4) is 0 Å². The Bertz CT molecular complexity index is 1100. The number of nitrogens with zero attached hydrogens (tertiary/aromatic N) is 1. The first-order chi connectivity index (χ1) is 25.6. The Morgan fingerprint density at radius 1 is 0.585 bits per heavy atom. The summed E-state index contributed by atoms with van der Waals surface area (Å²) in [4.78, 5) is 36.8. The third kappa shape index (κ3) is 34.3. The molecule has 8 heteroatoms. The van der Waals surface area contributed by atoms with E-state index in [-0.39, 0.29) is 36.7 Å². The maximum absolute atomic E-state index is 12.6. The van der Waals surface area contributed by atoms with Gasteiger partial charge in [0.1, 0.15) is 6.61 Å². The van der Waals surface area contributed by atoms with Crippen LogP contribution in [-0.4, -0.2) is 80.6 Å². The fraction of sp³-hybridized carbons (Fsp3) is 0.667. The van der Waals surface area contributed by atoms with Crippen molar-refractivity contribution in [2.75, 3.05) is 41.0 Å². The van der Waals surface area contributed by atoms with E-state index in [1.54, 1.807) is 0 Å². The molecule has 2 atom stereocenters. The van der Waals surface area contributed by atoms with E-state index in [0.717, 1.165) is 57.8 Å². The smallest absolute Gasteiger partial charge is 0.362 e. The zero-order valence-electron chi connectivity index (χ0n) is 34.2. The van der Waals surface area contributed by atoms with E-state index < -0.39 is 24.1 Å². The van der Waals surface area contributed by atoms with Crippen LogP contribution in [0.5, 0.6) is 0 Å². The fourth-order valence-corrected chi connectivity index (χ4v) is 5.47. The molecule has 8 nitrogen and oxygen atoms in total. The van der Waals surface area contributed by atoms with Gasteiger partial charge in [-0.3, -0.25) is 9.59 Å². The van der Waals surface area contributed by atoms with Crippen molar-refractivity contribution in [1.82, 2.24) is 0 Å². The van der Waals surface area contributed by atoms with Gasteiger partial charge in [0, 0.05) is 19.3 Å². The molecule has 53 heavy (non-hydrogen) atoms. The molecule has 0 radical (unpaired) electrons. The molecule has 0 aliphatic carbocycles. The first-order valence-electron chi connectivity index (χ1n) is 20.5. The average molecular weight is 743 g/mol. The minimum absolute atomic E-state index is 0.0284. The lowest BCUT2D eigenvalue weighted by atomic mass is 10.1. The van der Waals surface area contributed by atoms with Gasteiger partial charge in [-0.15, -0.1) is 0 Å². The van der Waals surface area contributed by atoms with Gasteiger partial charge in [-0.25, -0.2) is 4.79 Å². The van der Waals surface area contributed by atoms with Gasteiger partial charge < -0.3 is 23.8 Å². The zero-order chi connectivity index (χ0) is 39.3. The van der Waals surface area contributed by atoms with Gasteiger partial charge in [-0.05, 0) is 51.4 Å². The van der Waals surface area contributed by atoms with Crippen molar-refractivity contribution in [3.05, 3.63) is 72.9 Å². The Kier molecular flexibility index (Phi) is 33.6. The zero-order valence-corrected chi connectivity index (χ0v) is 34.2. The second kappa shape index (κ2) is 35.8. The molecule has 0 saturated carbocycles. The third-order valence-corrected chi connectivity index (χ3v) is 8.63. The summed E-state index contributed by atoms with van der Waals surface area (Å²) in [6, 6.07) is -0.628. The molecule has 0 rings (SSSR count). The lowest BCUT2D eigenvalue weighted by Crippen LogP contribution is -2.50. The van der Waals surface area contributed by atoms with Crippen molar-refractivity contribution >= 4 is 17.9 Å². The van der Waals surface area contributed by atoms with Gasteiger partial charge in [0.25, 0.3) is 0 Å². The van der Waals surface area contributed by atoms with Gasteiger partial charge >= 0.3 is 17.9 Å². The van der Waals surface area contributed by atoms with Gasteiger partial charge in [-0.2, -0.15) is 0 Å². The molecule has 0 aliphatic heterocycles. The molecule has 1 N–H and O–H groups in total. The van der Waals surface area contributed by atoms with Crippen LogP contribution in [0.1, 0.15) is 142 Å². The molecular weight excluding hydrogens is 666 g/mol. The molecule has 0 aromatic carbocycles. The summed E-state index contributed by atoms with van der Waals surface area (Å²) in [6.45, 7) is 4.50. The summed E-state index contributed by atoms with van der Waals surface area (Å²) in [5.41, 5.74) is 0. The lowest BCUT2D eigenvalue weighted by Gasteiger charge is -2.31. The van der Waals surface area contributed by atoms with Crippen molar-refractivity contribution in [3.63, 3.8) is 0 Å². The number of likely N-dealkylation sites (N-methyl/N-ethyl adjacent to an activating group) is 1. The molecule has 0 amide bonds. The molecular formula is C45H76NO7+. The quantitative estimate of drug-likeness (QED) is 0.0299. The van der Waals surface area contributed by atoms with E-state index in [9.17, 15) is 19.5 Å². The van der Waals surface area contributed by atoms with E-state index in [0.29, 0.717) is 19.3 Å². The fourth-order valence-electron chi connectivity index (χ4n) is 5.47. The molecule has 0 aliphatic rings. The van der Waals surface area contributed by atoms with E-state index in [1.807, 2.05) is 33.3 Å². The summed E-state index contributed by atoms with van der Waals surface area (Å²) in [5, 5.41) is 9.59. The molecule has 0 aromatic rings. The van der Waals surface area contributed by atoms with Crippen LogP contribution < -0.4 is 0 Å². The van der Waals surface area contributed by atoms with Gasteiger partial charge in [0.05, 0.1) is 34.4 Å². The van der Waals surface area contributed by atoms with Crippen LogP contribution in [0, 0.1) is 0 Å². The van der Waals surface area contributed by atoms with Crippen molar-refractivity contribution < 1.29 is 38.2 Å². The number of rotatable bonds is 35. The minimum atomic E-state index is -0.889. The molecule has 0 aromatic heterocycles. The van der Waals surface area contributed by atoms with Crippen LogP contribution in [0.4, 0.5) is 0 Å². The highest BCUT2D eigenvalue weighted by Crippen LogP contribution is 2.13. The SMILES string of the molecule is CC/C=C\C/C=C\C/C=C\C/C=C\C/C=C\C/C=C\CCC(=O)OC(COCCC(C(=O)O)[N+](C)(C)C)COC(=O)CCCCCCCCCCCC. The number of carbonyl (C=O) groups excluding carboxylic acids is 2. The first-order valence-corrected chi connectivity index (χ1v) is 20.5. The summed E-state index contributed by atoms with van der Waals surface area (Å²) in [6.07, 6.45) is 43.9. The van der Waals surface area contributed by atoms with Crippen LogP contribution >= 0.6 is 0 Å². The lowest BCUT2D eigenvalue weighted by molar-refractivity contribution is -0.887. The highest BCUT2D eigenvalue weighted by Gasteiger charge is 2.31. The molecule has 0 saturated heterocycles. The van der Waals surface area contributed by atoms with Crippen molar-refractivity contribution in [1.29, 1.82) is 0 Å². The molecule has 2 unspecified atom stereocenters. The number of hydrogen-bond donors (Lipinski definition) is 1. The Balaban J connectivity index is 4.52. The molecule has 0 heterocycles. The van der Waals surface area contributed by atoms with Gasteiger partial charge in [-0.1, -0.05) is 145 Å². The Morgan fingerprint density at radius 2 is 1.06 bits per heavy atom. The van der Waals surface area contributed by atoms with Gasteiger partial charge in [0.2, 0.25) is 0 Å². The number of carboxylic acid groups (broad SMARTS) is 1. The largest absolute Gasteiger partial charge is 0.477 e. The van der Waals surface area contributed by atoms with Crippen molar-refractivity contribution in [2.45, 2.75) is 154 Å². The number of hydrogen-bond acceptors (Lipinski definition) is 6. The number of ether oxygens (including phenoxy) is 3. The monoisotopic (exact) mass is 743 g/mol. The van der Waals surface area contributed by atoms with Crippen LogP contribution in [0.3, 0.4) is 0 Å². The standard InChI is InChI=1S/C45H75NO7/c1-6-8-10-12-14-16-18-19-20-21-22-23-24-25-26-28-30-32-34-36-44(48)53-41(39-51-38-37-42(45(49)50)46(3,4)5)40-52-43(47)35-33-31-29-27-17-15-13-11-9-7-2/h8,10,14,16,19-20,22-23,25-26,30,32,41-42H,6-7,9,11-13,15,17-18,21,24,27-29,31,33-40H2,1-5H3/p+1/b10-8-,16-14-,20-19-,23-22-,26-25-,32-30-. The van der Waals surface area contributed by atoms with E-state index in [1.165, 1.54) is 44.9 Å². The van der Waals surface area contributed by atoms with Crippen LogP contribution in [0.25, 0.3) is 0 Å². The predicted molar refractivity (Wildman–Crippen MR) is 220 cm³/mol. The number of quaternary nitrogens is 1. The molecule has 0 spiro atoms. The summed E-state index contributed by atoms with van der Waals surface area (Å²) >= 11 is 0. The highest BCUT2D eigenvalue weighted by molar-refractivity contribution is 5.72. The summed E-state index contributed by atoms with van der Waals surface area (Å²) < 4.78 is 17.1. The molecule has 0 fully saturated rings. The Morgan fingerprint density at radius 3 is 1.53 bits per heavy atom. The Hall–Kier alpha value is -3.23. The van der Waals surface area contributed by atoms with Crippen LogP contribution in [-0.2, 0) is 28.6 Å². The number of unbranched alkanes of at least 4 members (excludes halogenated alkanes) is 9. The normalized spacial score (nSPS) is 13.8. The number of allylic oxidation sites excluding steroid dienone is 12. The molecule has 0 bridgehead atoms. The minimum Gasteiger partial charge on any atom is -0.477 e. The first kappa shape index (κ1) is 49.8. The van der Waals surface area contributed by atoms with Gasteiger partial charge in [0.15, 0.2) is 12.1 Å². The van der Waals surface area contributed by atoms with E-state index in [4.69, 9.17) is 14.2 Å². The van der Waals surface area contributed by atoms with E-state index >= 15 is 0 Å². The second-order valence-electron chi connectivity index (χ2n) is 14.5. The number of carboxylic acids is 1. The number of esters is 2. The second-order valence-corrected chi connectivity index (χ2v) is 14.5. The maximum Gasteiger partial charge on any atom is 0.362 e.